The number of amides is 1. The molecule has 0 aliphatic carbocycles. The third-order valence-electron chi connectivity index (χ3n) is 3.47. The molecule has 0 spiro atoms. The van der Waals surface area contributed by atoms with Gasteiger partial charge in [-0.2, -0.15) is 0 Å². The summed E-state index contributed by atoms with van der Waals surface area (Å²) in [5.41, 5.74) is 7.28. The Kier molecular flexibility index (Phi) is 10.1. The first-order valence-corrected chi connectivity index (χ1v) is 7.55. The quantitative estimate of drug-likeness (QED) is 0.749. The molecule has 4 heteroatoms. The highest BCUT2D eigenvalue weighted by Gasteiger charge is 2.18. The molecule has 1 atom stereocenters. The van der Waals surface area contributed by atoms with Crippen LogP contribution in [0.2, 0.25) is 0 Å². The van der Waals surface area contributed by atoms with Crippen LogP contribution in [0.4, 0.5) is 0 Å². The summed E-state index contributed by atoms with van der Waals surface area (Å²) in [6.07, 6.45) is 3.95. The smallest absolute Gasteiger partial charge is 0.239 e. The van der Waals surface area contributed by atoms with Gasteiger partial charge in [-0.25, -0.2) is 0 Å². The summed E-state index contributed by atoms with van der Waals surface area (Å²) in [5, 5.41) is 0. The molecular formula is C17H29ClN2O. The van der Waals surface area contributed by atoms with Crippen molar-refractivity contribution in [1.29, 1.82) is 0 Å². The maximum absolute atomic E-state index is 12.0. The van der Waals surface area contributed by atoms with Crippen molar-refractivity contribution in [3.63, 3.8) is 0 Å². The normalized spacial score (nSPS) is 11.9. The van der Waals surface area contributed by atoms with E-state index in [-0.39, 0.29) is 24.4 Å². The molecule has 0 aliphatic heterocycles. The van der Waals surface area contributed by atoms with Gasteiger partial charge in [0.2, 0.25) is 5.91 Å². The molecule has 21 heavy (non-hydrogen) atoms. The third kappa shape index (κ3) is 8.08. The predicted octanol–water partition coefficient (Wildman–Crippen LogP) is 3.26. The molecule has 2 N–H and O–H groups in total. The average Bonchev–Trinajstić information content (AvgIpc) is 2.43. The van der Waals surface area contributed by atoms with Gasteiger partial charge in [-0.05, 0) is 37.2 Å². The second kappa shape index (κ2) is 10.6. The maximum atomic E-state index is 12.0. The minimum absolute atomic E-state index is 0. The first kappa shape index (κ1) is 19.9. The van der Waals surface area contributed by atoms with Gasteiger partial charge in [0, 0.05) is 13.6 Å². The van der Waals surface area contributed by atoms with E-state index < -0.39 is 0 Å². The number of nitrogens with two attached hydrogens (primary N) is 1. The van der Waals surface area contributed by atoms with Crippen molar-refractivity contribution >= 4 is 18.3 Å². The summed E-state index contributed by atoms with van der Waals surface area (Å²) in [7, 11) is 1.85. The summed E-state index contributed by atoms with van der Waals surface area (Å²) >= 11 is 0. The minimum Gasteiger partial charge on any atom is -0.344 e. The largest absolute Gasteiger partial charge is 0.344 e. The number of hydrogen-bond donors (Lipinski definition) is 1. The van der Waals surface area contributed by atoms with E-state index >= 15 is 0 Å². The van der Waals surface area contributed by atoms with Gasteiger partial charge in [-0.3, -0.25) is 4.79 Å². The second-order valence-electron chi connectivity index (χ2n) is 5.94. The average molecular weight is 313 g/mol. The van der Waals surface area contributed by atoms with Crippen LogP contribution in [0.3, 0.4) is 0 Å². The molecule has 0 fully saturated rings. The number of likely N-dealkylation sites (N-methyl/N-ethyl adjacent to an activating group) is 1. The molecule has 1 rings (SSSR count). The minimum atomic E-state index is -0.353. The number of rotatable bonds is 8. The molecule has 0 saturated carbocycles. The molecule has 0 aliphatic rings. The van der Waals surface area contributed by atoms with Crippen molar-refractivity contribution in [3.05, 3.63) is 35.9 Å². The zero-order valence-corrected chi connectivity index (χ0v) is 14.2. The molecule has 3 nitrogen and oxygen atoms in total. The van der Waals surface area contributed by atoms with Crippen LogP contribution in [0.15, 0.2) is 30.3 Å². The van der Waals surface area contributed by atoms with E-state index in [4.69, 9.17) is 5.73 Å². The first-order chi connectivity index (χ1) is 9.50. The van der Waals surface area contributed by atoms with E-state index in [1.807, 2.05) is 13.1 Å². The summed E-state index contributed by atoms with van der Waals surface area (Å²) in [6.45, 7) is 4.97. The van der Waals surface area contributed by atoms with Gasteiger partial charge in [0.1, 0.15) is 0 Å². The van der Waals surface area contributed by atoms with Gasteiger partial charge in [0.15, 0.2) is 0 Å². The number of hydrogen-bond acceptors (Lipinski definition) is 2. The maximum Gasteiger partial charge on any atom is 0.239 e. The Morgan fingerprint density at radius 1 is 1.19 bits per heavy atom. The monoisotopic (exact) mass is 312 g/mol. The molecule has 0 unspecified atom stereocenters. The van der Waals surface area contributed by atoms with E-state index in [9.17, 15) is 4.79 Å². The zero-order chi connectivity index (χ0) is 15.0. The fourth-order valence-corrected chi connectivity index (χ4v) is 2.32. The van der Waals surface area contributed by atoms with E-state index in [0.29, 0.717) is 5.92 Å². The van der Waals surface area contributed by atoms with Gasteiger partial charge in [0.05, 0.1) is 6.04 Å². The van der Waals surface area contributed by atoms with Crippen molar-refractivity contribution < 1.29 is 4.79 Å². The fraction of sp³-hybridized carbons (Fsp3) is 0.588. The van der Waals surface area contributed by atoms with Crippen molar-refractivity contribution in [2.75, 3.05) is 13.6 Å². The molecule has 0 heterocycles. The molecule has 0 aromatic heterocycles. The summed E-state index contributed by atoms with van der Waals surface area (Å²) in [6, 6.07) is 10.1. The first-order valence-electron chi connectivity index (χ1n) is 7.55. The topological polar surface area (TPSA) is 46.3 Å². The van der Waals surface area contributed by atoms with Crippen LogP contribution in [0.1, 0.15) is 38.7 Å². The number of unbranched alkanes of at least 4 members (excludes halogenated alkanes) is 1. The number of carbonyl (C=O) groups is 1. The Morgan fingerprint density at radius 3 is 2.38 bits per heavy atom. The lowest BCUT2D eigenvalue weighted by molar-refractivity contribution is -0.131. The number of carbonyl (C=O) groups excluding carboxylic acids is 1. The summed E-state index contributed by atoms with van der Waals surface area (Å²) in [4.78, 5) is 13.8. The summed E-state index contributed by atoms with van der Waals surface area (Å²) in [5.74, 6) is 0.527. The van der Waals surface area contributed by atoms with Crippen LogP contribution >= 0.6 is 12.4 Å². The van der Waals surface area contributed by atoms with Crippen LogP contribution in [0, 0.1) is 5.92 Å². The molecule has 1 aromatic carbocycles. The van der Waals surface area contributed by atoms with E-state index in [0.717, 1.165) is 32.2 Å². The Bertz CT molecular complexity index is 395. The fourth-order valence-electron chi connectivity index (χ4n) is 2.32. The zero-order valence-electron chi connectivity index (χ0n) is 13.4. The highest BCUT2D eigenvalue weighted by molar-refractivity contribution is 5.85. The lowest BCUT2D eigenvalue weighted by Gasteiger charge is -2.22. The van der Waals surface area contributed by atoms with Crippen LogP contribution in [0.5, 0.6) is 0 Å². The van der Waals surface area contributed by atoms with Crippen LogP contribution in [-0.2, 0) is 11.2 Å². The lowest BCUT2D eigenvalue weighted by Crippen LogP contribution is -2.42. The van der Waals surface area contributed by atoms with Crippen LogP contribution < -0.4 is 5.73 Å². The van der Waals surface area contributed by atoms with Crippen molar-refractivity contribution in [2.45, 2.75) is 45.6 Å². The molecule has 1 amide bonds. The van der Waals surface area contributed by atoms with Crippen molar-refractivity contribution in [2.24, 2.45) is 11.7 Å². The van der Waals surface area contributed by atoms with E-state index in [2.05, 4.69) is 38.1 Å². The van der Waals surface area contributed by atoms with E-state index in [1.54, 1.807) is 4.90 Å². The van der Waals surface area contributed by atoms with Gasteiger partial charge in [0.25, 0.3) is 0 Å². The number of halogens is 1. The van der Waals surface area contributed by atoms with Gasteiger partial charge in [-0.15, -0.1) is 12.4 Å². The van der Waals surface area contributed by atoms with Gasteiger partial charge in [-0.1, -0.05) is 44.2 Å². The van der Waals surface area contributed by atoms with Crippen molar-refractivity contribution in [3.8, 4) is 0 Å². The lowest BCUT2D eigenvalue weighted by atomic mass is 10.0. The molecular weight excluding hydrogens is 284 g/mol. The summed E-state index contributed by atoms with van der Waals surface area (Å²) < 4.78 is 0. The number of nitrogens with zero attached hydrogens (tertiary/aromatic N) is 1. The number of aryl methyl sites for hydroxylation is 1. The molecule has 120 valence electrons. The Labute approximate surface area is 135 Å². The highest BCUT2D eigenvalue weighted by Crippen LogP contribution is 2.07. The van der Waals surface area contributed by atoms with Gasteiger partial charge >= 0.3 is 0 Å². The molecule has 1 aromatic rings. The molecule has 0 bridgehead atoms. The standard InChI is InChI=1S/C17H28N2O.ClH/c1-14(2)13-16(18)17(20)19(3)12-8-7-11-15-9-5-4-6-10-15;/h4-6,9-10,14,16H,7-8,11-13,18H2,1-3H3;1H/t16-;/m0./s1. The highest BCUT2D eigenvalue weighted by atomic mass is 35.5. The SMILES string of the molecule is CC(C)C[C@H](N)C(=O)N(C)CCCCc1ccccc1.Cl. The van der Waals surface area contributed by atoms with Crippen LogP contribution in [-0.4, -0.2) is 30.4 Å². The van der Waals surface area contributed by atoms with Crippen LogP contribution in [0.25, 0.3) is 0 Å². The van der Waals surface area contributed by atoms with Gasteiger partial charge < -0.3 is 10.6 Å². The Hall–Kier alpha value is -1.06. The Balaban J connectivity index is 0.00000400. The molecule has 0 radical (unpaired) electrons. The Morgan fingerprint density at radius 2 is 1.81 bits per heavy atom. The van der Waals surface area contributed by atoms with E-state index in [1.165, 1.54) is 5.56 Å². The van der Waals surface area contributed by atoms with Crippen molar-refractivity contribution in [1.82, 2.24) is 4.90 Å². The second-order valence-corrected chi connectivity index (χ2v) is 5.94. The number of benzene rings is 1. The molecule has 0 saturated heterocycles. The predicted molar refractivity (Wildman–Crippen MR) is 91.7 cm³/mol. The third-order valence-corrected chi connectivity index (χ3v) is 3.47.